The summed E-state index contributed by atoms with van der Waals surface area (Å²) in [7, 11) is 0. The lowest BCUT2D eigenvalue weighted by atomic mass is 9.79. The van der Waals surface area contributed by atoms with Crippen LogP contribution < -0.4 is 0 Å². The van der Waals surface area contributed by atoms with E-state index in [1.54, 1.807) is 0 Å². The molecule has 0 bridgehead atoms. The van der Waals surface area contributed by atoms with Crippen LogP contribution in [-0.2, 0) is 0 Å². The van der Waals surface area contributed by atoms with E-state index in [2.05, 4.69) is 46.4 Å². The van der Waals surface area contributed by atoms with E-state index in [1.165, 1.54) is 13.0 Å². The Morgan fingerprint density at radius 2 is 1.54 bits per heavy atom. The maximum atomic E-state index is 2.65. The molecule has 1 heterocycles. The molecule has 0 aromatic heterocycles. The highest BCUT2D eigenvalue weighted by Gasteiger charge is 2.41. The summed E-state index contributed by atoms with van der Waals surface area (Å²) in [6, 6.07) is 1.58. The van der Waals surface area contributed by atoms with Gasteiger partial charge in [0.1, 0.15) is 0 Å². The third-order valence-corrected chi connectivity index (χ3v) is 4.14. The summed E-state index contributed by atoms with van der Waals surface area (Å²) in [6.07, 6.45) is 1.28. The monoisotopic (exact) mass is 183 g/mol. The highest BCUT2D eigenvalue weighted by molar-refractivity contribution is 4.95. The SMILES string of the molecule is CCC(C)(C)CN1C(C)C(C)C1C. The Kier molecular flexibility index (Phi) is 3.06. The minimum absolute atomic E-state index is 0.489. The summed E-state index contributed by atoms with van der Waals surface area (Å²) in [5.74, 6) is 0.882. The first kappa shape index (κ1) is 11.0. The Morgan fingerprint density at radius 1 is 1.08 bits per heavy atom. The minimum atomic E-state index is 0.489. The molecule has 13 heavy (non-hydrogen) atoms. The Labute approximate surface area is 83.5 Å². The molecule has 1 fully saturated rings. The number of hydrogen-bond acceptors (Lipinski definition) is 1. The van der Waals surface area contributed by atoms with Gasteiger partial charge in [-0.3, -0.25) is 4.90 Å². The van der Waals surface area contributed by atoms with Crippen LogP contribution in [0.1, 0.15) is 48.0 Å². The van der Waals surface area contributed by atoms with Crippen molar-refractivity contribution in [1.82, 2.24) is 4.90 Å². The lowest BCUT2D eigenvalue weighted by Gasteiger charge is -2.54. The van der Waals surface area contributed by atoms with Gasteiger partial charge in [-0.25, -0.2) is 0 Å². The fourth-order valence-electron chi connectivity index (χ4n) is 2.17. The van der Waals surface area contributed by atoms with Crippen molar-refractivity contribution in [3.63, 3.8) is 0 Å². The van der Waals surface area contributed by atoms with E-state index in [1.807, 2.05) is 0 Å². The van der Waals surface area contributed by atoms with Crippen LogP contribution in [0.15, 0.2) is 0 Å². The van der Waals surface area contributed by atoms with Crippen molar-refractivity contribution >= 4 is 0 Å². The predicted octanol–water partition coefficient (Wildman–Crippen LogP) is 3.15. The largest absolute Gasteiger partial charge is 0.297 e. The molecule has 0 radical (unpaired) electrons. The first-order valence-corrected chi connectivity index (χ1v) is 5.65. The maximum Gasteiger partial charge on any atom is 0.0110 e. The summed E-state index contributed by atoms with van der Waals surface area (Å²) < 4.78 is 0. The van der Waals surface area contributed by atoms with Crippen LogP contribution in [0.25, 0.3) is 0 Å². The predicted molar refractivity (Wildman–Crippen MR) is 58.9 cm³/mol. The number of hydrogen-bond donors (Lipinski definition) is 0. The van der Waals surface area contributed by atoms with E-state index in [4.69, 9.17) is 0 Å². The molecule has 1 nitrogen and oxygen atoms in total. The van der Waals surface area contributed by atoms with E-state index >= 15 is 0 Å². The Hall–Kier alpha value is -0.0400. The van der Waals surface area contributed by atoms with Crippen LogP contribution in [0.5, 0.6) is 0 Å². The number of likely N-dealkylation sites (tertiary alicyclic amines) is 1. The molecular formula is C12H25N. The van der Waals surface area contributed by atoms with Crippen molar-refractivity contribution in [2.75, 3.05) is 6.54 Å². The van der Waals surface area contributed by atoms with Crippen molar-refractivity contribution in [3.8, 4) is 0 Å². The number of nitrogens with zero attached hydrogens (tertiary/aromatic N) is 1. The van der Waals surface area contributed by atoms with Crippen molar-refractivity contribution in [3.05, 3.63) is 0 Å². The van der Waals surface area contributed by atoms with E-state index in [0.717, 1.165) is 18.0 Å². The van der Waals surface area contributed by atoms with Gasteiger partial charge >= 0.3 is 0 Å². The fourth-order valence-corrected chi connectivity index (χ4v) is 2.17. The van der Waals surface area contributed by atoms with Crippen molar-refractivity contribution in [2.45, 2.75) is 60.0 Å². The molecular weight excluding hydrogens is 158 g/mol. The first-order valence-electron chi connectivity index (χ1n) is 5.65. The second-order valence-electron chi connectivity index (χ2n) is 5.53. The first-order chi connectivity index (χ1) is 5.89. The summed E-state index contributed by atoms with van der Waals surface area (Å²) >= 11 is 0. The van der Waals surface area contributed by atoms with Gasteiger partial charge in [0.05, 0.1) is 0 Å². The summed E-state index contributed by atoms with van der Waals surface area (Å²) in [5, 5.41) is 0. The molecule has 2 unspecified atom stereocenters. The lowest BCUT2D eigenvalue weighted by Crippen LogP contribution is -2.61. The van der Waals surface area contributed by atoms with Gasteiger partial charge in [-0.1, -0.05) is 27.7 Å². The second kappa shape index (κ2) is 3.61. The van der Waals surface area contributed by atoms with Crippen LogP contribution in [-0.4, -0.2) is 23.5 Å². The second-order valence-corrected chi connectivity index (χ2v) is 5.53. The molecule has 0 aromatic carbocycles. The van der Waals surface area contributed by atoms with Gasteiger partial charge < -0.3 is 0 Å². The highest BCUT2D eigenvalue weighted by Crippen LogP contribution is 2.35. The molecule has 0 spiro atoms. The molecule has 1 saturated heterocycles. The van der Waals surface area contributed by atoms with Gasteiger partial charge in [-0.15, -0.1) is 0 Å². The molecule has 0 aliphatic carbocycles. The molecule has 0 amide bonds. The highest BCUT2D eigenvalue weighted by atomic mass is 15.3. The van der Waals surface area contributed by atoms with Gasteiger partial charge in [-0.05, 0) is 31.6 Å². The number of rotatable bonds is 3. The summed E-state index contributed by atoms with van der Waals surface area (Å²) in [4.78, 5) is 2.65. The van der Waals surface area contributed by atoms with Crippen molar-refractivity contribution < 1.29 is 0 Å². The molecule has 1 rings (SSSR count). The third-order valence-electron chi connectivity index (χ3n) is 4.14. The van der Waals surface area contributed by atoms with Crippen LogP contribution in [0.3, 0.4) is 0 Å². The Balaban J connectivity index is 2.47. The van der Waals surface area contributed by atoms with Gasteiger partial charge in [0.2, 0.25) is 0 Å². The average molecular weight is 183 g/mol. The zero-order chi connectivity index (χ0) is 10.2. The quantitative estimate of drug-likeness (QED) is 0.649. The molecule has 1 aliphatic rings. The van der Waals surface area contributed by atoms with E-state index in [-0.39, 0.29) is 0 Å². The topological polar surface area (TPSA) is 3.24 Å². The minimum Gasteiger partial charge on any atom is -0.297 e. The standard InChI is InChI=1S/C12H25N/c1-7-12(5,6)8-13-10(3)9(2)11(13)4/h9-11H,7-8H2,1-6H3. The molecule has 1 heteroatoms. The van der Waals surface area contributed by atoms with E-state index in [9.17, 15) is 0 Å². The Bertz CT molecular complexity index is 164. The smallest absolute Gasteiger partial charge is 0.0110 e. The summed E-state index contributed by atoms with van der Waals surface area (Å²) in [5.41, 5.74) is 0.489. The fraction of sp³-hybridized carbons (Fsp3) is 1.00. The zero-order valence-corrected chi connectivity index (χ0v) is 10.1. The molecule has 0 aromatic rings. The van der Waals surface area contributed by atoms with Gasteiger partial charge in [0.25, 0.3) is 0 Å². The molecule has 1 aliphatic heterocycles. The van der Waals surface area contributed by atoms with E-state index in [0.29, 0.717) is 5.41 Å². The molecule has 2 atom stereocenters. The molecule has 0 N–H and O–H groups in total. The van der Waals surface area contributed by atoms with Crippen LogP contribution >= 0.6 is 0 Å². The zero-order valence-electron chi connectivity index (χ0n) is 10.1. The van der Waals surface area contributed by atoms with Crippen LogP contribution in [0.2, 0.25) is 0 Å². The summed E-state index contributed by atoms with van der Waals surface area (Å²) in [6.45, 7) is 15.4. The average Bonchev–Trinajstić information content (AvgIpc) is 2.12. The molecule has 0 saturated carbocycles. The molecule has 78 valence electrons. The Morgan fingerprint density at radius 3 is 1.92 bits per heavy atom. The van der Waals surface area contributed by atoms with Gasteiger partial charge in [-0.2, -0.15) is 0 Å². The third kappa shape index (κ3) is 2.07. The van der Waals surface area contributed by atoms with E-state index < -0.39 is 0 Å². The van der Waals surface area contributed by atoms with Crippen molar-refractivity contribution in [2.24, 2.45) is 11.3 Å². The van der Waals surface area contributed by atoms with Crippen LogP contribution in [0, 0.1) is 11.3 Å². The lowest BCUT2D eigenvalue weighted by molar-refractivity contribution is -0.0512. The van der Waals surface area contributed by atoms with Gasteiger partial charge in [0, 0.05) is 18.6 Å². The van der Waals surface area contributed by atoms with Gasteiger partial charge in [0.15, 0.2) is 0 Å². The maximum absolute atomic E-state index is 2.65. The van der Waals surface area contributed by atoms with Crippen molar-refractivity contribution in [1.29, 1.82) is 0 Å². The normalized spacial score (nSPS) is 36.0. The van der Waals surface area contributed by atoms with Crippen LogP contribution in [0.4, 0.5) is 0 Å².